The molecule has 0 aliphatic carbocycles. The van der Waals surface area contributed by atoms with Crippen molar-refractivity contribution < 1.29 is 17.9 Å². The first-order valence-electron chi connectivity index (χ1n) is 10.5. The first-order valence-corrected chi connectivity index (χ1v) is 11.3. The van der Waals surface area contributed by atoms with Gasteiger partial charge < -0.3 is 15.8 Å². The van der Waals surface area contributed by atoms with Gasteiger partial charge in [-0.3, -0.25) is 0 Å². The fourth-order valence-electron chi connectivity index (χ4n) is 3.75. The van der Waals surface area contributed by atoms with Crippen molar-refractivity contribution >= 4 is 27.4 Å². The predicted molar refractivity (Wildman–Crippen MR) is 128 cm³/mol. The Balaban J connectivity index is 1.34. The van der Waals surface area contributed by atoms with Crippen LogP contribution in [0.3, 0.4) is 0 Å². The van der Waals surface area contributed by atoms with Crippen molar-refractivity contribution in [1.29, 1.82) is 0 Å². The lowest BCUT2D eigenvalue weighted by molar-refractivity contribution is -0.136. The zero-order valence-corrected chi connectivity index (χ0v) is 18.8. The Morgan fingerprint density at radius 2 is 1.67 bits per heavy atom. The Kier molecular flexibility index (Phi) is 6.85. The van der Waals surface area contributed by atoms with Crippen LogP contribution in [0, 0.1) is 0 Å². The third-order valence-electron chi connectivity index (χ3n) is 5.49. The number of alkyl halides is 3. The highest BCUT2D eigenvalue weighted by molar-refractivity contribution is 7.13. The number of hydrogen-bond acceptors (Lipinski definition) is 5. The van der Waals surface area contributed by atoms with Gasteiger partial charge in [-0.15, -0.1) is 0 Å². The number of anilines is 1. The summed E-state index contributed by atoms with van der Waals surface area (Å²) in [5.74, 6) is 1.08. The molecule has 8 heteroatoms. The number of benzene rings is 3. The predicted octanol–water partition coefficient (Wildman–Crippen LogP) is 6.36. The standard InChI is InChI=1S/C25H24F3N3OS/c1-32-20-11-9-18(10-12-20)17-7-5-16(6-8-17)15-19(29)13-14-30-24-23-21(25(26,27)28)3-2-4-22(23)33-31-24/h2-12,19H,13-15,29H2,1H3,(H,30,31). The van der Waals surface area contributed by atoms with Crippen molar-refractivity contribution in [3.8, 4) is 16.9 Å². The maximum atomic E-state index is 13.4. The largest absolute Gasteiger partial charge is 0.497 e. The van der Waals surface area contributed by atoms with E-state index in [0.717, 1.165) is 40.0 Å². The molecule has 1 aromatic heterocycles. The van der Waals surface area contributed by atoms with Crippen molar-refractivity contribution in [3.63, 3.8) is 0 Å². The van der Waals surface area contributed by atoms with Crippen molar-refractivity contribution in [2.45, 2.75) is 25.1 Å². The molecule has 4 aromatic rings. The smallest absolute Gasteiger partial charge is 0.417 e. The molecule has 0 amide bonds. The topological polar surface area (TPSA) is 60.2 Å². The van der Waals surface area contributed by atoms with E-state index in [9.17, 15) is 13.2 Å². The molecule has 0 saturated heterocycles. The Morgan fingerprint density at radius 1 is 1.00 bits per heavy atom. The molecule has 0 saturated carbocycles. The molecule has 0 aliphatic heterocycles. The summed E-state index contributed by atoms with van der Waals surface area (Å²) >= 11 is 1.06. The van der Waals surface area contributed by atoms with E-state index >= 15 is 0 Å². The van der Waals surface area contributed by atoms with E-state index in [1.165, 1.54) is 6.07 Å². The van der Waals surface area contributed by atoms with Crippen LogP contribution >= 0.6 is 11.5 Å². The molecule has 0 fully saturated rings. The summed E-state index contributed by atoms with van der Waals surface area (Å²) in [6.45, 7) is 0.441. The van der Waals surface area contributed by atoms with Gasteiger partial charge in [-0.2, -0.15) is 17.5 Å². The molecular weight excluding hydrogens is 447 g/mol. The lowest BCUT2D eigenvalue weighted by Crippen LogP contribution is -2.25. The summed E-state index contributed by atoms with van der Waals surface area (Å²) < 4.78 is 50.0. The van der Waals surface area contributed by atoms with E-state index in [1.54, 1.807) is 13.2 Å². The molecule has 1 unspecified atom stereocenters. The highest BCUT2D eigenvalue weighted by Crippen LogP contribution is 2.39. The molecule has 0 spiro atoms. The van der Waals surface area contributed by atoms with E-state index in [4.69, 9.17) is 10.5 Å². The summed E-state index contributed by atoms with van der Waals surface area (Å²) in [6.07, 6.45) is -3.14. The first kappa shape index (κ1) is 23.1. The van der Waals surface area contributed by atoms with Crippen molar-refractivity contribution in [3.05, 3.63) is 77.9 Å². The maximum absolute atomic E-state index is 13.4. The molecule has 1 heterocycles. The summed E-state index contributed by atoms with van der Waals surface area (Å²) in [5, 5.41) is 3.17. The number of aromatic nitrogens is 1. The summed E-state index contributed by atoms with van der Waals surface area (Å²) in [4.78, 5) is 0. The Hall–Kier alpha value is -3.10. The average Bonchev–Trinajstić information content (AvgIpc) is 3.22. The normalized spacial score (nSPS) is 12.6. The van der Waals surface area contributed by atoms with E-state index in [1.807, 2.05) is 24.3 Å². The second-order valence-electron chi connectivity index (χ2n) is 7.81. The number of hydrogen-bond donors (Lipinski definition) is 2. The molecule has 0 bridgehead atoms. The van der Waals surface area contributed by atoms with Gasteiger partial charge in [0.15, 0.2) is 0 Å². The van der Waals surface area contributed by atoms with Crippen LogP contribution in [0.4, 0.5) is 19.0 Å². The van der Waals surface area contributed by atoms with Gasteiger partial charge in [0.25, 0.3) is 0 Å². The monoisotopic (exact) mass is 471 g/mol. The maximum Gasteiger partial charge on any atom is 0.417 e. The number of methoxy groups -OCH3 is 1. The van der Waals surface area contributed by atoms with Gasteiger partial charge >= 0.3 is 6.18 Å². The summed E-state index contributed by atoms with van der Waals surface area (Å²) in [6, 6.07) is 20.1. The summed E-state index contributed by atoms with van der Waals surface area (Å²) in [7, 11) is 1.64. The number of fused-ring (bicyclic) bond motifs is 1. The number of ether oxygens (including phenoxy) is 1. The molecular formula is C25H24F3N3OS. The van der Waals surface area contributed by atoms with Crippen LogP contribution in [-0.2, 0) is 12.6 Å². The molecule has 0 aliphatic rings. The van der Waals surface area contributed by atoms with Crippen LogP contribution < -0.4 is 15.8 Å². The molecule has 33 heavy (non-hydrogen) atoms. The number of halogens is 3. The average molecular weight is 472 g/mol. The minimum Gasteiger partial charge on any atom is -0.497 e. The van der Waals surface area contributed by atoms with Gasteiger partial charge in [-0.25, -0.2) is 0 Å². The fraction of sp³-hybridized carbons (Fsp3) is 0.240. The second-order valence-corrected chi connectivity index (χ2v) is 8.62. The van der Waals surface area contributed by atoms with Crippen molar-refractivity contribution in [2.75, 3.05) is 19.0 Å². The third kappa shape index (κ3) is 5.46. The Labute approximate surface area is 194 Å². The zero-order valence-electron chi connectivity index (χ0n) is 18.0. The number of nitrogens with zero attached hydrogens (tertiary/aromatic N) is 1. The highest BCUT2D eigenvalue weighted by atomic mass is 32.1. The molecule has 0 radical (unpaired) electrons. The van der Waals surface area contributed by atoms with Crippen LogP contribution in [0.5, 0.6) is 5.75 Å². The van der Waals surface area contributed by atoms with E-state index in [-0.39, 0.29) is 17.2 Å². The Morgan fingerprint density at radius 3 is 2.30 bits per heavy atom. The fourth-order valence-corrected chi connectivity index (χ4v) is 4.53. The zero-order chi connectivity index (χ0) is 23.4. The SMILES string of the molecule is COc1ccc(-c2ccc(CC(N)CCNc3nsc4cccc(C(F)(F)F)c34)cc2)cc1. The molecule has 172 valence electrons. The molecule has 4 nitrogen and oxygen atoms in total. The van der Waals surface area contributed by atoms with Crippen molar-refractivity contribution in [1.82, 2.24) is 4.37 Å². The van der Waals surface area contributed by atoms with Gasteiger partial charge in [-0.1, -0.05) is 42.5 Å². The number of nitrogens with one attached hydrogen (secondary N) is 1. The minimum absolute atomic E-state index is 0.123. The van der Waals surface area contributed by atoms with Crippen LogP contribution in [0.15, 0.2) is 66.7 Å². The first-order chi connectivity index (χ1) is 15.8. The second kappa shape index (κ2) is 9.80. The molecule has 1 atom stereocenters. The van der Waals surface area contributed by atoms with Crippen LogP contribution in [0.25, 0.3) is 21.2 Å². The minimum atomic E-state index is -4.42. The Bertz CT molecular complexity index is 1200. The van der Waals surface area contributed by atoms with Gasteiger partial charge in [0.05, 0.1) is 17.4 Å². The number of nitrogens with two attached hydrogens (primary N) is 1. The summed E-state index contributed by atoms with van der Waals surface area (Å²) in [5.41, 5.74) is 8.93. The van der Waals surface area contributed by atoms with Gasteiger partial charge in [-0.05, 0) is 65.3 Å². The molecule has 3 N–H and O–H groups in total. The number of rotatable bonds is 8. The van der Waals surface area contributed by atoms with Crippen molar-refractivity contribution in [2.24, 2.45) is 5.73 Å². The lowest BCUT2D eigenvalue weighted by Gasteiger charge is -2.14. The van der Waals surface area contributed by atoms with Crippen LogP contribution in [0.1, 0.15) is 17.5 Å². The van der Waals surface area contributed by atoms with Crippen LogP contribution in [0.2, 0.25) is 0 Å². The van der Waals surface area contributed by atoms with Gasteiger partial charge in [0.1, 0.15) is 11.6 Å². The molecule has 3 aromatic carbocycles. The van der Waals surface area contributed by atoms with E-state index in [0.29, 0.717) is 24.1 Å². The van der Waals surface area contributed by atoms with Gasteiger partial charge in [0, 0.05) is 18.0 Å². The highest BCUT2D eigenvalue weighted by Gasteiger charge is 2.34. The molecule has 4 rings (SSSR count). The lowest BCUT2D eigenvalue weighted by atomic mass is 10.00. The third-order valence-corrected chi connectivity index (χ3v) is 6.30. The quantitative estimate of drug-likeness (QED) is 0.314. The van der Waals surface area contributed by atoms with E-state index < -0.39 is 11.7 Å². The van der Waals surface area contributed by atoms with E-state index in [2.05, 4.69) is 34.0 Å². The van der Waals surface area contributed by atoms with Crippen LogP contribution in [-0.4, -0.2) is 24.1 Å². The van der Waals surface area contributed by atoms with Gasteiger partial charge in [0.2, 0.25) is 0 Å².